The van der Waals surface area contributed by atoms with Gasteiger partial charge in [0.15, 0.2) is 0 Å². The van der Waals surface area contributed by atoms with Crippen LogP contribution < -0.4 is 3.75 Å². The molecule has 1 N–H and O–H groups in total. The van der Waals surface area contributed by atoms with Gasteiger partial charge in [-0.15, -0.1) is 3.75 Å². The zero-order valence-corrected chi connectivity index (χ0v) is 12.9. The van der Waals surface area contributed by atoms with E-state index in [1.54, 1.807) is 24.3 Å². The molecule has 1 aromatic carbocycles. The molecule has 6 heteroatoms. The third-order valence-electron chi connectivity index (χ3n) is 1.43. The molecule has 0 atom stereocenters. The molecule has 0 saturated carbocycles. The average Bonchev–Trinajstić information content (AvgIpc) is 2.05. The number of hydrogen-bond acceptors (Lipinski definition) is 2. The van der Waals surface area contributed by atoms with Gasteiger partial charge in [0.25, 0.3) is 0 Å². The van der Waals surface area contributed by atoms with Crippen LogP contribution in [0.15, 0.2) is 29.2 Å². The molecule has 0 heterocycles. The number of nitrogens with one attached hydrogen (secondary N) is 1. The summed E-state index contributed by atoms with van der Waals surface area (Å²) in [6, 6.07) is 6.60. The van der Waals surface area contributed by atoms with E-state index in [2.05, 4.69) is 19.9 Å². The Morgan fingerprint density at radius 2 is 1.69 bits per heavy atom. The molecule has 0 aromatic heterocycles. The van der Waals surface area contributed by atoms with Crippen molar-refractivity contribution < 1.29 is 8.42 Å². The molecule has 0 spiro atoms. The number of sulfonamides is 1. The predicted octanol–water partition coefficient (Wildman–Crippen LogP) is 1.20. The van der Waals surface area contributed by atoms with Crippen LogP contribution in [-0.4, -0.2) is 59.8 Å². The Labute approximate surface area is 129 Å². The number of rotatable bonds is 2. The molecule has 0 aliphatic rings. The van der Waals surface area contributed by atoms with Gasteiger partial charge in [-0.1, -0.05) is 17.7 Å². The predicted molar refractivity (Wildman–Crippen MR) is 56.2 cm³/mol. The molecule has 1 rings (SSSR count). The van der Waals surface area contributed by atoms with Crippen molar-refractivity contribution in [1.29, 1.82) is 0 Å². The van der Waals surface area contributed by atoms with Crippen LogP contribution in [0.25, 0.3) is 0 Å². The van der Waals surface area contributed by atoms with E-state index in [-0.39, 0.29) is 56.3 Å². The molecular weight excluding hydrogens is 281 g/mol. The van der Waals surface area contributed by atoms with E-state index >= 15 is 0 Å². The van der Waals surface area contributed by atoms with Gasteiger partial charge in [0.2, 0.25) is 10.0 Å². The van der Waals surface area contributed by atoms with E-state index in [0.29, 0.717) is 0 Å². The number of hydrogen-bond donors (Lipinski definition) is 1. The fraction of sp³-hybridized carbons (Fsp3) is 0.143. The molecule has 13 heavy (non-hydrogen) atoms. The van der Waals surface area contributed by atoms with Crippen molar-refractivity contribution in [1.82, 2.24) is 3.75 Å². The molecule has 1 radical (unpaired) electrons. The van der Waals surface area contributed by atoms with Crippen molar-refractivity contribution in [3.63, 3.8) is 0 Å². The molecule has 0 aliphatic heterocycles. The van der Waals surface area contributed by atoms with Crippen LogP contribution >= 0.6 is 16.1 Å². The van der Waals surface area contributed by atoms with Crippen LogP contribution in [0.2, 0.25) is 0 Å². The van der Waals surface area contributed by atoms with E-state index in [0.717, 1.165) is 5.56 Å². The van der Waals surface area contributed by atoms with Crippen molar-refractivity contribution >= 4 is 77.6 Å². The topological polar surface area (TPSA) is 46.2 Å². The molecular formula is C7H8BrKNO2S. The van der Waals surface area contributed by atoms with Crippen molar-refractivity contribution in [3.05, 3.63) is 29.8 Å². The minimum Gasteiger partial charge on any atom is -0.206 e. The smallest absolute Gasteiger partial charge is 0.206 e. The second-order valence-corrected chi connectivity index (χ2v) is 5.00. The molecule has 0 unspecified atom stereocenters. The van der Waals surface area contributed by atoms with E-state index in [1.807, 2.05) is 6.92 Å². The van der Waals surface area contributed by atoms with Gasteiger partial charge in [-0.3, -0.25) is 0 Å². The van der Waals surface area contributed by atoms with Gasteiger partial charge in [0.1, 0.15) is 0 Å². The summed E-state index contributed by atoms with van der Waals surface area (Å²) in [5.74, 6) is 0. The second kappa shape index (κ2) is 5.97. The van der Waals surface area contributed by atoms with E-state index in [9.17, 15) is 8.42 Å². The van der Waals surface area contributed by atoms with Gasteiger partial charge in [0, 0.05) is 67.5 Å². The summed E-state index contributed by atoms with van der Waals surface area (Å²) < 4.78 is 24.4. The average molecular weight is 289 g/mol. The van der Waals surface area contributed by atoms with Gasteiger partial charge in [-0.25, -0.2) is 8.42 Å². The molecule has 67 valence electrons. The fourth-order valence-corrected chi connectivity index (χ4v) is 1.91. The maximum absolute atomic E-state index is 11.2. The van der Waals surface area contributed by atoms with Gasteiger partial charge in [-0.2, -0.15) is 0 Å². The van der Waals surface area contributed by atoms with Gasteiger partial charge < -0.3 is 0 Å². The Bertz CT molecular complexity index is 363. The van der Waals surface area contributed by atoms with Crippen LogP contribution in [0.4, 0.5) is 0 Å². The van der Waals surface area contributed by atoms with Crippen molar-refractivity contribution in [2.75, 3.05) is 0 Å². The zero-order chi connectivity index (χ0) is 9.19. The summed E-state index contributed by atoms with van der Waals surface area (Å²) in [6.45, 7) is 1.90. The first-order chi connectivity index (χ1) is 5.56. The second-order valence-electron chi connectivity index (χ2n) is 2.39. The number of aryl methyl sites for hydroxylation is 1. The summed E-state index contributed by atoms with van der Waals surface area (Å²) in [4.78, 5) is 0.255. The molecule has 0 saturated heterocycles. The van der Waals surface area contributed by atoms with E-state index < -0.39 is 10.0 Å². The van der Waals surface area contributed by atoms with Crippen LogP contribution in [0.1, 0.15) is 5.56 Å². The summed E-state index contributed by atoms with van der Waals surface area (Å²) in [5, 5.41) is 0. The molecule has 0 aliphatic carbocycles. The van der Waals surface area contributed by atoms with E-state index in [4.69, 9.17) is 0 Å². The van der Waals surface area contributed by atoms with Gasteiger partial charge in [0.05, 0.1) is 4.90 Å². The monoisotopic (exact) mass is 288 g/mol. The van der Waals surface area contributed by atoms with E-state index in [1.165, 1.54) is 0 Å². The third kappa shape index (κ3) is 4.09. The normalized spacial score (nSPS) is 10.6. The molecule has 3 nitrogen and oxygen atoms in total. The molecule has 0 amide bonds. The molecule has 0 bridgehead atoms. The molecule has 1 aromatic rings. The maximum Gasteiger partial charge on any atom is 0.250 e. The Hall–Kier alpha value is 1.25. The SMILES string of the molecule is Cc1ccc(S(=O)(=O)NBr)cc1.[K]. The van der Waals surface area contributed by atoms with Crippen LogP contribution in [-0.2, 0) is 10.0 Å². The van der Waals surface area contributed by atoms with Crippen LogP contribution in [0.3, 0.4) is 0 Å². The first-order valence-corrected chi connectivity index (χ1v) is 5.53. The van der Waals surface area contributed by atoms with Gasteiger partial charge in [-0.05, 0) is 19.1 Å². The molecule has 0 fully saturated rings. The fourth-order valence-electron chi connectivity index (χ4n) is 0.762. The Balaban J connectivity index is 0.00000144. The summed E-state index contributed by atoms with van der Waals surface area (Å²) >= 11 is 2.69. The maximum atomic E-state index is 11.2. The minimum atomic E-state index is -3.35. The first-order valence-electron chi connectivity index (χ1n) is 3.25. The number of benzene rings is 1. The largest absolute Gasteiger partial charge is 0.250 e. The van der Waals surface area contributed by atoms with Crippen LogP contribution in [0.5, 0.6) is 0 Å². The van der Waals surface area contributed by atoms with Crippen molar-refractivity contribution in [3.8, 4) is 0 Å². The minimum absolute atomic E-state index is 0. The van der Waals surface area contributed by atoms with Crippen molar-refractivity contribution in [2.24, 2.45) is 0 Å². The number of halogens is 1. The zero-order valence-electron chi connectivity index (χ0n) is 7.41. The summed E-state index contributed by atoms with van der Waals surface area (Å²) in [6.07, 6.45) is 0. The third-order valence-corrected chi connectivity index (χ3v) is 3.81. The summed E-state index contributed by atoms with van der Waals surface area (Å²) in [5.41, 5.74) is 1.03. The summed E-state index contributed by atoms with van der Waals surface area (Å²) in [7, 11) is -3.35. The van der Waals surface area contributed by atoms with Crippen molar-refractivity contribution in [2.45, 2.75) is 11.8 Å². The Morgan fingerprint density at radius 3 is 2.08 bits per heavy atom. The first kappa shape index (κ1) is 14.2. The van der Waals surface area contributed by atoms with Crippen LogP contribution in [0, 0.1) is 6.92 Å². The Kier molecular flexibility index (Phi) is 6.54. The standard InChI is InChI=1S/C7H8BrNO2S.K/c1-6-2-4-7(5-3-6)12(10,11)9-8;/h2-5,9H,1H3;. The quantitative estimate of drug-likeness (QED) is 0.657. The Morgan fingerprint density at radius 1 is 1.23 bits per heavy atom. The van der Waals surface area contributed by atoms with Gasteiger partial charge >= 0.3 is 0 Å².